The van der Waals surface area contributed by atoms with E-state index >= 15 is 0 Å². The number of methoxy groups -OCH3 is 1. The molecule has 1 aromatic rings. The summed E-state index contributed by atoms with van der Waals surface area (Å²) in [4.78, 5) is -0.164. The van der Waals surface area contributed by atoms with Crippen molar-refractivity contribution in [2.24, 2.45) is 0 Å². The second kappa shape index (κ2) is 8.93. The van der Waals surface area contributed by atoms with Crippen molar-refractivity contribution < 1.29 is 22.7 Å². The molecule has 1 aromatic carbocycles. The zero-order valence-corrected chi connectivity index (χ0v) is 12.7. The van der Waals surface area contributed by atoms with Crippen molar-refractivity contribution in [2.45, 2.75) is 17.7 Å². The van der Waals surface area contributed by atoms with Gasteiger partial charge in [-0.3, -0.25) is 0 Å². The third-order valence-corrected chi connectivity index (χ3v) is 4.23. The number of benzene rings is 1. The van der Waals surface area contributed by atoms with Crippen molar-refractivity contribution in [3.8, 4) is 0 Å². The standard InChI is InChI=1S/C13H21FN2O4S/c1-20-9-3-2-6-16-21(18,19)13-10-11(14)4-5-12(13)15-7-8-17/h4-5,10,15-17H,2-3,6-9H2,1H3. The van der Waals surface area contributed by atoms with E-state index in [0.29, 0.717) is 13.0 Å². The van der Waals surface area contributed by atoms with Gasteiger partial charge in [0.05, 0.1) is 12.3 Å². The molecular weight excluding hydrogens is 299 g/mol. The maximum Gasteiger partial charge on any atom is 0.242 e. The largest absolute Gasteiger partial charge is 0.395 e. The van der Waals surface area contributed by atoms with Gasteiger partial charge in [0.15, 0.2) is 0 Å². The first-order chi connectivity index (χ1) is 10.0. The number of sulfonamides is 1. The van der Waals surface area contributed by atoms with Gasteiger partial charge in [-0.2, -0.15) is 0 Å². The van der Waals surface area contributed by atoms with Crippen LogP contribution in [0.2, 0.25) is 0 Å². The van der Waals surface area contributed by atoms with Gasteiger partial charge in [-0.15, -0.1) is 0 Å². The SMILES string of the molecule is COCCCCNS(=O)(=O)c1cc(F)ccc1NCCO. The van der Waals surface area contributed by atoms with Crippen molar-refractivity contribution in [1.82, 2.24) is 4.72 Å². The number of aliphatic hydroxyl groups is 1. The molecule has 0 aliphatic rings. The Balaban J connectivity index is 2.78. The molecule has 0 atom stereocenters. The van der Waals surface area contributed by atoms with Gasteiger partial charge in [-0.1, -0.05) is 0 Å². The normalized spacial score (nSPS) is 11.6. The van der Waals surface area contributed by atoms with Crippen LogP contribution in [0.4, 0.5) is 10.1 Å². The van der Waals surface area contributed by atoms with Crippen LogP contribution in [-0.2, 0) is 14.8 Å². The summed E-state index contributed by atoms with van der Waals surface area (Å²) in [5.74, 6) is -0.635. The monoisotopic (exact) mass is 320 g/mol. The summed E-state index contributed by atoms with van der Waals surface area (Å²) in [6.45, 7) is 0.843. The van der Waals surface area contributed by atoms with E-state index in [-0.39, 0.29) is 30.3 Å². The number of anilines is 1. The number of hydrogen-bond donors (Lipinski definition) is 3. The highest BCUT2D eigenvalue weighted by Gasteiger charge is 2.18. The molecule has 3 N–H and O–H groups in total. The summed E-state index contributed by atoms with van der Waals surface area (Å²) in [5, 5.41) is 11.5. The molecule has 0 aliphatic heterocycles. The summed E-state index contributed by atoms with van der Waals surface area (Å²) < 4.78 is 45.0. The van der Waals surface area contributed by atoms with E-state index in [0.717, 1.165) is 18.6 Å². The molecule has 0 saturated carbocycles. The summed E-state index contributed by atoms with van der Waals surface area (Å²) in [7, 11) is -2.23. The fraction of sp³-hybridized carbons (Fsp3) is 0.538. The quantitative estimate of drug-likeness (QED) is 0.558. The van der Waals surface area contributed by atoms with Crippen molar-refractivity contribution in [1.29, 1.82) is 0 Å². The van der Waals surface area contributed by atoms with Crippen molar-refractivity contribution in [3.63, 3.8) is 0 Å². The van der Waals surface area contributed by atoms with Crippen molar-refractivity contribution >= 4 is 15.7 Å². The predicted molar refractivity (Wildman–Crippen MR) is 78.3 cm³/mol. The number of hydrogen-bond acceptors (Lipinski definition) is 5. The Kier molecular flexibility index (Phi) is 7.58. The van der Waals surface area contributed by atoms with E-state index in [2.05, 4.69) is 10.0 Å². The number of rotatable bonds is 10. The van der Waals surface area contributed by atoms with Gasteiger partial charge in [0.1, 0.15) is 10.7 Å². The molecule has 0 bridgehead atoms. The zero-order valence-electron chi connectivity index (χ0n) is 11.9. The van der Waals surface area contributed by atoms with E-state index in [1.807, 2.05) is 0 Å². The maximum absolute atomic E-state index is 13.3. The van der Waals surface area contributed by atoms with Gasteiger partial charge in [0, 0.05) is 26.8 Å². The van der Waals surface area contributed by atoms with E-state index in [1.165, 1.54) is 6.07 Å². The molecule has 120 valence electrons. The highest BCUT2D eigenvalue weighted by atomic mass is 32.2. The van der Waals surface area contributed by atoms with E-state index in [1.54, 1.807) is 7.11 Å². The Morgan fingerprint density at radius 1 is 1.29 bits per heavy atom. The number of unbranched alkanes of at least 4 members (excludes halogenated alkanes) is 1. The molecule has 0 aliphatic carbocycles. The van der Waals surface area contributed by atoms with E-state index in [4.69, 9.17) is 9.84 Å². The summed E-state index contributed by atoms with van der Waals surface area (Å²) in [5.41, 5.74) is 0.259. The minimum Gasteiger partial charge on any atom is -0.395 e. The van der Waals surface area contributed by atoms with Crippen molar-refractivity contribution in [2.75, 3.05) is 38.7 Å². The predicted octanol–water partition coefficient (Wildman–Crippen LogP) is 0.935. The minimum atomic E-state index is -3.81. The van der Waals surface area contributed by atoms with Gasteiger partial charge in [0.2, 0.25) is 10.0 Å². The minimum absolute atomic E-state index is 0.151. The first-order valence-corrected chi connectivity index (χ1v) is 8.12. The first kappa shape index (κ1) is 17.8. The number of nitrogens with one attached hydrogen (secondary N) is 2. The highest BCUT2D eigenvalue weighted by molar-refractivity contribution is 7.89. The first-order valence-electron chi connectivity index (χ1n) is 6.64. The fourth-order valence-electron chi connectivity index (χ4n) is 1.71. The average molecular weight is 320 g/mol. The zero-order chi connectivity index (χ0) is 15.7. The lowest BCUT2D eigenvalue weighted by Gasteiger charge is -2.13. The highest BCUT2D eigenvalue weighted by Crippen LogP contribution is 2.22. The van der Waals surface area contributed by atoms with Crippen LogP contribution in [0.25, 0.3) is 0 Å². The molecule has 8 heteroatoms. The molecule has 21 heavy (non-hydrogen) atoms. The second-order valence-corrected chi connectivity index (χ2v) is 6.12. The Hall–Kier alpha value is -1.22. The van der Waals surface area contributed by atoms with Crippen LogP contribution in [-0.4, -0.2) is 46.9 Å². The average Bonchev–Trinajstić information content (AvgIpc) is 2.45. The van der Waals surface area contributed by atoms with Crippen LogP contribution < -0.4 is 10.0 Å². The van der Waals surface area contributed by atoms with E-state index < -0.39 is 15.8 Å². The van der Waals surface area contributed by atoms with Crippen molar-refractivity contribution in [3.05, 3.63) is 24.0 Å². The lowest BCUT2D eigenvalue weighted by molar-refractivity contribution is 0.193. The Bertz CT molecular complexity index is 537. The summed E-state index contributed by atoms with van der Waals surface area (Å²) in [6.07, 6.45) is 1.36. The lowest BCUT2D eigenvalue weighted by atomic mass is 10.3. The Labute approximate surface area is 124 Å². The van der Waals surface area contributed by atoms with Crippen LogP contribution in [0, 0.1) is 5.82 Å². The summed E-state index contributed by atoms with van der Waals surface area (Å²) >= 11 is 0. The Morgan fingerprint density at radius 3 is 2.71 bits per heavy atom. The van der Waals surface area contributed by atoms with Gasteiger partial charge < -0.3 is 15.2 Å². The molecule has 0 fully saturated rings. The van der Waals surface area contributed by atoms with Crippen LogP contribution in [0.3, 0.4) is 0 Å². The topological polar surface area (TPSA) is 87.7 Å². The lowest BCUT2D eigenvalue weighted by Crippen LogP contribution is -2.26. The third-order valence-electron chi connectivity index (χ3n) is 2.73. The molecule has 0 amide bonds. The molecule has 0 unspecified atom stereocenters. The third kappa shape index (κ3) is 5.96. The molecule has 0 radical (unpaired) electrons. The molecule has 6 nitrogen and oxygen atoms in total. The van der Waals surface area contributed by atoms with Gasteiger partial charge in [-0.25, -0.2) is 17.5 Å². The van der Waals surface area contributed by atoms with Gasteiger partial charge in [0.25, 0.3) is 0 Å². The van der Waals surface area contributed by atoms with Crippen LogP contribution in [0.5, 0.6) is 0 Å². The maximum atomic E-state index is 13.3. The molecule has 0 aromatic heterocycles. The summed E-state index contributed by atoms with van der Waals surface area (Å²) in [6, 6.07) is 3.46. The number of ether oxygens (including phenoxy) is 1. The molecular formula is C13H21FN2O4S. The second-order valence-electron chi connectivity index (χ2n) is 4.39. The van der Waals surface area contributed by atoms with Crippen LogP contribution in [0.1, 0.15) is 12.8 Å². The van der Waals surface area contributed by atoms with Gasteiger partial charge >= 0.3 is 0 Å². The van der Waals surface area contributed by atoms with Crippen LogP contribution in [0.15, 0.2) is 23.1 Å². The number of halogens is 1. The smallest absolute Gasteiger partial charge is 0.242 e. The van der Waals surface area contributed by atoms with Crippen LogP contribution >= 0.6 is 0 Å². The molecule has 1 rings (SSSR count). The molecule has 0 spiro atoms. The molecule has 0 saturated heterocycles. The van der Waals surface area contributed by atoms with E-state index in [9.17, 15) is 12.8 Å². The fourth-order valence-corrected chi connectivity index (χ4v) is 2.98. The van der Waals surface area contributed by atoms with Gasteiger partial charge in [-0.05, 0) is 31.0 Å². The Morgan fingerprint density at radius 2 is 2.05 bits per heavy atom. The molecule has 0 heterocycles. The number of aliphatic hydroxyl groups excluding tert-OH is 1.